The van der Waals surface area contributed by atoms with Crippen molar-refractivity contribution in [3.05, 3.63) is 39.9 Å². The van der Waals surface area contributed by atoms with Crippen LogP contribution in [-0.4, -0.2) is 21.1 Å². The minimum Gasteiger partial charge on any atom is -0.317 e. The minimum atomic E-state index is -4.73. The van der Waals surface area contributed by atoms with Crippen molar-refractivity contribution >= 4 is 23.2 Å². The van der Waals surface area contributed by atoms with Crippen LogP contribution in [0.4, 0.5) is 27.6 Å². The lowest BCUT2D eigenvalue weighted by Crippen LogP contribution is -2.17. The Morgan fingerprint density at radius 1 is 1.35 bits per heavy atom. The fourth-order valence-electron chi connectivity index (χ4n) is 1.72. The van der Waals surface area contributed by atoms with Gasteiger partial charge in [0.05, 0.1) is 16.9 Å². The van der Waals surface area contributed by atoms with Gasteiger partial charge in [0, 0.05) is 0 Å². The molecule has 0 unspecified atom stereocenters. The predicted octanol–water partition coefficient (Wildman–Crippen LogP) is 3.98. The summed E-state index contributed by atoms with van der Waals surface area (Å²) >= 11 is 5.47. The minimum absolute atomic E-state index is 0.117. The monoisotopic (exact) mass is 354 g/mol. The standard InChI is InChI=1S/C12H8ClF5N4O/c1-4-8(9(10(14)15)22-21-4)20-11(23)6-2-5(12(16,17)18)3-7(13)19-6/h2-3,10H,1H3,(H,20,23)(H,21,22). The van der Waals surface area contributed by atoms with Gasteiger partial charge in [-0.3, -0.25) is 9.89 Å². The van der Waals surface area contributed by atoms with E-state index >= 15 is 0 Å². The van der Waals surface area contributed by atoms with Crippen LogP contribution in [0.25, 0.3) is 0 Å². The molecular weight excluding hydrogens is 347 g/mol. The molecule has 0 radical (unpaired) electrons. The van der Waals surface area contributed by atoms with Crippen molar-refractivity contribution in [3.8, 4) is 0 Å². The van der Waals surface area contributed by atoms with Gasteiger partial charge in [0.2, 0.25) is 0 Å². The zero-order chi connectivity index (χ0) is 17.4. The Labute approximate surface area is 130 Å². The first kappa shape index (κ1) is 17.1. The summed E-state index contributed by atoms with van der Waals surface area (Å²) in [5.41, 5.74) is -2.77. The van der Waals surface area contributed by atoms with Gasteiger partial charge in [-0.25, -0.2) is 13.8 Å². The van der Waals surface area contributed by atoms with Crippen LogP contribution in [0.3, 0.4) is 0 Å². The van der Waals surface area contributed by atoms with Crippen molar-refractivity contribution < 1.29 is 26.7 Å². The highest BCUT2D eigenvalue weighted by Gasteiger charge is 2.32. The molecule has 0 aliphatic rings. The summed E-state index contributed by atoms with van der Waals surface area (Å²) in [6.07, 6.45) is -7.71. The zero-order valence-corrected chi connectivity index (χ0v) is 12.1. The molecule has 11 heteroatoms. The van der Waals surface area contributed by atoms with Crippen LogP contribution in [0.2, 0.25) is 5.15 Å². The molecule has 0 aliphatic carbocycles. The van der Waals surface area contributed by atoms with Crippen molar-refractivity contribution in [2.24, 2.45) is 0 Å². The van der Waals surface area contributed by atoms with E-state index in [2.05, 4.69) is 20.5 Å². The van der Waals surface area contributed by atoms with E-state index in [1.54, 1.807) is 0 Å². The van der Waals surface area contributed by atoms with E-state index < -0.39 is 40.6 Å². The van der Waals surface area contributed by atoms with Gasteiger partial charge in [-0.05, 0) is 19.1 Å². The van der Waals surface area contributed by atoms with Crippen LogP contribution in [0.15, 0.2) is 12.1 Å². The van der Waals surface area contributed by atoms with E-state index in [1.807, 2.05) is 0 Å². The number of nitrogens with zero attached hydrogens (tertiary/aromatic N) is 2. The number of H-pyrrole nitrogens is 1. The fourth-order valence-corrected chi connectivity index (χ4v) is 1.93. The normalized spacial score (nSPS) is 11.8. The van der Waals surface area contributed by atoms with Crippen molar-refractivity contribution in [1.82, 2.24) is 15.2 Å². The van der Waals surface area contributed by atoms with E-state index in [0.29, 0.717) is 12.1 Å². The second kappa shape index (κ2) is 6.11. The number of rotatable bonds is 3. The molecule has 5 nitrogen and oxygen atoms in total. The van der Waals surface area contributed by atoms with Crippen LogP contribution < -0.4 is 5.32 Å². The number of anilines is 1. The maximum absolute atomic E-state index is 12.8. The van der Waals surface area contributed by atoms with Crippen molar-refractivity contribution in [2.45, 2.75) is 19.5 Å². The molecule has 2 aromatic rings. The number of amides is 1. The average Bonchev–Trinajstić information content (AvgIpc) is 2.78. The van der Waals surface area contributed by atoms with Gasteiger partial charge in [0.25, 0.3) is 12.3 Å². The Morgan fingerprint density at radius 3 is 2.57 bits per heavy atom. The lowest BCUT2D eigenvalue weighted by atomic mass is 10.2. The van der Waals surface area contributed by atoms with E-state index in [-0.39, 0.29) is 11.4 Å². The number of hydrogen-bond acceptors (Lipinski definition) is 3. The third-order valence-corrected chi connectivity index (χ3v) is 2.97. The van der Waals surface area contributed by atoms with Gasteiger partial charge >= 0.3 is 6.18 Å². The number of aromatic nitrogens is 3. The third-order valence-electron chi connectivity index (χ3n) is 2.77. The summed E-state index contributed by atoms with van der Waals surface area (Å²) < 4.78 is 63.6. The number of halogens is 6. The first-order valence-corrected chi connectivity index (χ1v) is 6.36. The Hall–Kier alpha value is -2.23. The quantitative estimate of drug-likeness (QED) is 0.647. The average molecular weight is 355 g/mol. The first-order valence-electron chi connectivity index (χ1n) is 5.98. The molecule has 2 rings (SSSR count). The SMILES string of the molecule is Cc1[nH]nc(C(F)F)c1NC(=O)c1cc(C(F)(F)F)cc(Cl)n1. The second-order valence-corrected chi connectivity index (χ2v) is 4.81. The topological polar surface area (TPSA) is 70.7 Å². The maximum atomic E-state index is 12.8. The van der Waals surface area contributed by atoms with Crippen LogP contribution >= 0.6 is 11.6 Å². The molecule has 23 heavy (non-hydrogen) atoms. The molecule has 0 fully saturated rings. The van der Waals surface area contributed by atoms with Gasteiger partial charge in [0.1, 0.15) is 10.8 Å². The predicted molar refractivity (Wildman–Crippen MR) is 70.5 cm³/mol. The third kappa shape index (κ3) is 3.76. The molecular formula is C12H8ClF5N4O. The van der Waals surface area contributed by atoms with Gasteiger partial charge < -0.3 is 5.32 Å². The lowest BCUT2D eigenvalue weighted by molar-refractivity contribution is -0.137. The lowest BCUT2D eigenvalue weighted by Gasteiger charge is -2.10. The van der Waals surface area contributed by atoms with E-state index in [1.165, 1.54) is 6.92 Å². The van der Waals surface area contributed by atoms with E-state index in [4.69, 9.17) is 11.6 Å². The van der Waals surface area contributed by atoms with E-state index in [0.717, 1.165) is 0 Å². The Balaban J connectivity index is 2.36. The molecule has 2 heterocycles. The smallest absolute Gasteiger partial charge is 0.317 e. The van der Waals surface area contributed by atoms with Gasteiger partial charge in [-0.1, -0.05) is 11.6 Å². The Kier molecular flexibility index (Phi) is 4.55. The maximum Gasteiger partial charge on any atom is 0.416 e. The number of aryl methyl sites for hydroxylation is 1. The number of carbonyl (C=O) groups is 1. The number of nitrogens with one attached hydrogen (secondary N) is 2. The fraction of sp³-hybridized carbons (Fsp3) is 0.250. The molecule has 1 amide bonds. The molecule has 0 spiro atoms. The Bertz CT molecular complexity index is 744. The van der Waals surface area contributed by atoms with Crippen molar-refractivity contribution in [1.29, 1.82) is 0 Å². The van der Waals surface area contributed by atoms with E-state index in [9.17, 15) is 26.7 Å². The first-order chi connectivity index (χ1) is 10.6. The summed E-state index contributed by atoms with van der Waals surface area (Å²) in [5.74, 6) is -1.12. The van der Waals surface area contributed by atoms with Gasteiger partial charge in [0.15, 0.2) is 5.69 Å². The zero-order valence-electron chi connectivity index (χ0n) is 11.3. The summed E-state index contributed by atoms with van der Waals surface area (Å²) in [4.78, 5) is 15.5. The summed E-state index contributed by atoms with van der Waals surface area (Å²) in [6.45, 7) is 1.36. The van der Waals surface area contributed by atoms with Crippen LogP contribution in [-0.2, 0) is 6.18 Å². The van der Waals surface area contributed by atoms with Crippen molar-refractivity contribution in [3.63, 3.8) is 0 Å². The van der Waals surface area contributed by atoms with Gasteiger partial charge in [-0.2, -0.15) is 18.3 Å². The van der Waals surface area contributed by atoms with Crippen molar-refractivity contribution in [2.75, 3.05) is 5.32 Å². The molecule has 0 bridgehead atoms. The number of carbonyl (C=O) groups excluding carboxylic acids is 1. The van der Waals surface area contributed by atoms with Crippen LogP contribution in [0, 0.1) is 6.92 Å². The summed E-state index contributed by atoms with van der Waals surface area (Å²) in [5, 5.41) is 7.08. The molecule has 0 aliphatic heterocycles. The molecule has 0 aromatic carbocycles. The number of aromatic amines is 1. The molecule has 0 atom stereocenters. The van der Waals surface area contributed by atoms with Crippen LogP contribution in [0.1, 0.15) is 33.9 Å². The number of hydrogen-bond donors (Lipinski definition) is 2. The summed E-state index contributed by atoms with van der Waals surface area (Å²) in [7, 11) is 0. The number of pyridine rings is 1. The second-order valence-electron chi connectivity index (χ2n) is 4.43. The Morgan fingerprint density at radius 2 is 2.00 bits per heavy atom. The molecule has 2 N–H and O–H groups in total. The molecule has 124 valence electrons. The largest absolute Gasteiger partial charge is 0.416 e. The highest BCUT2D eigenvalue weighted by molar-refractivity contribution is 6.29. The summed E-state index contributed by atoms with van der Waals surface area (Å²) in [6, 6.07) is 1.02. The highest BCUT2D eigenvalue weighted by atomic mass is 35.5. The number of alkyl halides is 5. The molecule has 0 saturated heterocycles. The molecule has 2 aromatic heterocycles. The van der Waals surface area contributed by atoms with Gasteiger partial charge in [-0.15, -0.1) is 0 Å². The van der Waals surface area contributed by atoms with Crippen LogP contribution in [0.5, 0.6) is 0 Å². The molecule has 0 saturated carbocycles. The highest BCUT2D eigenvalue weighted by Crippen LogP contribution is 2.31.